The molecule has 3 aromatic rings. The molecule has 0 saturated carbocycles. The Morgan fingerprint density at radius 1 is 1.35 bits per heavy atom. The lowest BCUT2D eigenvalue weighted by Crippen LogP contribution is -1.97. The summed E-state index contributed by atoms with van der Waals surface area (Å²) in [4.78, 5) is 19.0. The third-order valence-corrected chi connectivity index (χ3v) is 3.18. The van der Waals surface area contributed by atoms with Gasteiger partial charge in [0.25, 0.3) is 5.69 Å². The van der Waals surface area contributed by atoms with Crippen LogP contribution in [0.2, 0.25) is 0 Å². The number of benzene rings is 1. The van der Waals surface area contributed by atoms with Crippen LogP contribution in [0.5, 0.6) is 0 Å². The van der Waals surface area contributed by atoms with E-state index < -0.39 is 4.92 Å². The molecule has 0 aliphatic rings. The second-order valence-electron chi connectivity index (χ2n) is 4.35. The molecule has 0 saturated heterocycles. The van der Waals surface area contributed by atoms with Crippen molar-refractivity contribution in [3.63, 3.8) is 0 Å². The summed E-state index contributed by atoms with van der Waals surface area (Å²) in [6, 6.07) is 8.51. The highest BCUT2D eigenvalue weighted by Gasteiger charge is 2.14. The minimum atomic E-state index is -0.409. The highest BCUT2D eigenvalue weighted by Crippen LogP contribution is 2.26. The van der Waals surface area contributed by atoms with E-state index in [4.69, 9.17) is 0 Å². The first-order valence-electron chi connectivity index (χ1n) is 6.25. The molecule has 100 valence electrons. The molecule has 0 radical (unpaired) electrons. The van der Waals surface area contributed by atoms with Crippen molar-refractivity contribution in [2.75, 3.05) is 0 Å². The molecular formula is C14H12N4O2. The fourth-order valence-corrected chi connectivity index (χ4v) is 2.27. The summed E-state index contributed by atoms with van der Waals surface area (Å²) < 4.78 is 2.02. The topological polar surface area (TPSA) is 73.8 Å². The lowest BCUT2D eigenvalue weighted by molar-refractivity contribution is -0.384. The summed E-state index contributed by atoms with van der Waals surface area (Å²) in [5, 5.41) is 10.8. The van der Waals surface area contributed by atoms with Gasteiger partial charge >= 0.3 is 0 Å². The molecule has 2 aromatic heterocycles. The van der Waals surface area contributed by atoms with Gasteiger partial charge in [-0.2, -0.15) is 0 Å². The van der Waals surface area contributed by atoms with E-state index in [0.717, 1.165) is 23.4 Å². The Morgan fingerprint density at radius 2 is 2.20 bits per heavy atom. The van der Waals surface area contributed by atoms with Crippen molar-refractivity contribution in [1.29, 1.82) is 0 Å². The zero-order chi connectivity index (χ0) is 14.1. The van der Waals surface area contributed by atoms with Crippen LogP contribution in [-0.2, 0) is 6.54 Å². The summed E-state index contributed by atoms with van der Waals surface area (Å²) in [6.07, 6.45) is 3.44. The number of rotatable bonds is 3. The molecule has 2 heterocycles. The Labute approximate surface area is 114 Å². The first-order valence-corrected chi connectivity index (χ1v) is 6.25. The summed E-state index contributed by atoms with van der Waals surface area (Å²) >= 11 is 0. The van der Waals surface area contributed by atoms with Crippen molar-refractivity contribution in [1.82, 2.24) is 14.5 Å². The molecule has 20 heavy (non-hydrogen) atoms. The van der Waals surface area contributed by atoms with E-state index in [-0.39, 0.29) is 5.69 Å². The Bertz CT molecular complexity index is 780. The van der Waals surface area contributed by atoms with E-state index >= 15 is 0 Å². The maximum Gasteiger partial charge on any atom is 0.271 e. The smallest absolute Gasteiger partial charge is 0.271 e. The van der Waals surface area contributed by atoms with Crippen molar-refractivity contribution < 1.29 is 4.92 Å². The Morgan fingerprint density at radius 3 is 2.85 bits per heavy atom. The van der Waals surface area contributed by atoms with Gasteiger partial charge in [0.2, 0.25) is 0 Å². The molecule has 0 fully saturated rings. The zero-order valence-corrected chi connectivity index (χ0v) is 10.9. The van der Waals surface area contributed by atoms with Gasteiger partial charge in [0.1, 0.15) is 5.82 Å². The van der Waals surface area contributed by atoms with Crippen LogP contribution >= 0.6 is 0 Å². The summed E-state index contributed by atoms with van der Waals surface area (Å²) in [7, 11) is 0. The third kappa shape index (κ3) is 1.91. The van der Waals surface area contributed by atoms with Crippen molar-refractivity contribution in [2.24, 2.45) is 0 Å². The second kappa shape index (κ2) is 4.73. The number of pyridine rings is 1. The zero-order valence-electron chi connectivity index (χ0n) is 10.9. The fraction of sp³-hybridized carbons (Fsp3) is 0.143. The minimum Gasteiger partial charge on any atom is -0.324 e. The normalized spacial score (nSPS) is 10.8. The molecule has 3 rings (SSSR count). The van der Waals surface area contributed by atoms with E-state index in [1.807, 2.05) is 23.6 Å². The monoisotopic (exact) mass is 268 g/mol. The van der Waals surface area contributed by atoms with E-state index in [1.165, 1.54) is 12.1 Å². The van der Waals surface area contributed by atoms with E-state index in [1.54, 1.807) is 18.5 Å². The van der Waals surface area contributed by atoms with Gasteiger partial charge in [-0.25, -0.2) is 4.98 Å². The van der Waals surface area contributed by atoms with Gasteiger partial charge in [0, 0.05) is 36.6 Å². The molecule has 0 aliphatic carbocycles. The number of imidazole rings is 1. The number of aryl methyl sites for hydroxylation is 1. The maximum absolute atomic E-state index is 10.8. The number of hydrogen-bond donors (Lipinski definition) is 0. The van der Waals surface area contributed by atoms with Crippen LogP contribution < -0.4 is 0 Å². The van der Waals surface area contributed by atoms with Crippen molar-refractivity contribution in [3.8, 4) is 11.4 Å². The van der Waals surface area contributed by atoms with Crippen molar-refractivity contribution >= 4 is 16.7 Å². The van der Waals surface area contributed by atoms with Gasteiger partial charge in [0.05, 0.1) is 16.0 Å². The van der Waals surface area contributed by atoms with Crippen LogP contribution in [0.25, 0.3) is 22.4 Å². The number of nitro benzene ring substituents is 1. The van der Waals surface area contributed by atoms with Crippen LogP contribution in [0.15, 0.2) is 42.7 Å². The van der Waals surface area contributed by atoms with Crippen LogP contribution in [-0.4, -0.2) is 19.5 Å². The van der Waals surface area contributed by atoms with Crippen LogP contribution in [0.4, 0.5) is 5.69 Å². The third-order valence-electron chi connectivity index (χ3n) is 3.18. The van der Waals surface area contributed by atoms with Gasteiger partial charge in [-0.05, 0) is 25.1 Å². The average molecular weight is 268 g/mol. The molecule has 0 unspecified atom stereocenters. The van der Waals surface area contributed by atoms with E-state index in [2.05, 4.69) is 9.97 Å². The predicted molar refractivity (Wildman–Crippen MR) is 75.3 cm³/mol. The molecule has 0 atom stereocenters. The minimum absolute atomic E-state index is 0.0518. The standard InChI is InChI=1S/C14H12N4O2/c1-2-17-13-6-5-11(18(19)20)8-12(13)16-14(17)10-4-3-7-15-9-10/h3-9H,2H2,1H3. The average Bonchev–Trinajstić information content (AvgIpc) is 2.85. The van der Waals surface area contributed by atoms with Crippen LogP contribution in [0.1, 0.15) is 6.92 Å². The molecule has 6 heteroatoms. The largest absolute Gasteiger partial charge is 0.324 e. The van der Waals surface area contributed by atoms with Gasteiger partial charge in [0.15, 0.2) is 0 Å². The molecule has 0 bridgehead atoms. The van der Waals surface area contributed by atoms with Gasteiger partial charge < -0.3 is 4.57 Å². The number of aromatic nitrogens is 3. The molecule has 1 aromatic carbocycles. The first kappa shape index (κ1) is 12.3. The number of hydrogen-bond acceptors (Lipinski definition) is 4. The van der Waals surface area contributed by atoms with Crippen molar-refractivity contribution in [2.45, 2.75) is 13.5 Å². The number of fused-ring (bicyclic) bond motifs is 1. The Kier molecular flexibility index (Phi) is 2.90. The van der Waals surface area contributed by atoms with Gasteiger partial charge in [-0.1, -0.05) is 0 Å². The Hall–Kier alpha value is -2.76. The van der Waals surface area contributed by atoms with E-state index in [9.17, 15) is 10.1 Å². The quantitative estimate of drug-likeness (QED) is 0.540. The molecular weight excluding hydrogens is 256 g/mol. The van der Waals surface area contributed by atoms with E-state index in [0.29, 0.717) is 5.52 Å². The fourth-order valence-electron chi connectivity index (χ4n) is 2.27. The van der Waals surface area contributed by atoms with Gasteiger partial charge in [-0.15, -0.1) is 0 Å². The van der Waals surface area contributed by atoms with Crippen LogP contribution in [0.3, 0.4) is 0 Å². The SMILES string of the molecule is CCn1c(-c2cccnc2)nc2cc([N+](=O)[O-])ccc21. The first-order chi connectivity index (χ1) is 9.70. The predicted octanol–water partition coefficient (Wildman–Crippen LogP) is 3.03. The highest BCUT2D eigenvalue weighted by molar-refractivity contribution is 5.82. The van der Waals surface area contributed by atoms with Gasteiger partial charge in [-0.3, -0.25) is 15.1 Å². The number of non-ortho nitro benzene ring substituents is 1. The summed E-state index contributed by atoms with van der Waals surface area (Å²) in [5.74, 6) is 0.774. The van der Waals surface area contributed by atoms with Crippen molar-refractivity contribution in [3.05, 3.63) is 52.8 Å². The lowest BCUT2D eigenvalue weighted by Gasteiger charge is -2.05. The molecule has 0 N–H and O–H groups in total. The molecule has 6 nitrogen and oxygen atoms in total. The highest BCUT2D eigenvalue weighted by atomic mass is 16.6. The Balaban J connectivity index is 2.25. The summed E-state index contributed by atoms with van der Waals surface area (Å²) in [5.41, 5.74) is 2.46. The molecule has 0 spiro atoms. The number of nitro groups is 1. The lowest BCUT2D eigenvalue weighted by atomic mass is 10.2. The maximum atomic E-state index is 10.8. The summed E-state index contributed by atoms with van der Waals surface area (Å²) in [6.45, 7) is 2.75. The number of nitrogens with zero attached hydrogens (tertiary/aromatic N) is 4. The second-order valence-corrected chi connectivity index (χ2v) is 4.35. The van der Waals surface area contributed by atoms with Crippen LogP contribution in [0, 0.1) is 10.1 Å². The molecule has 0 aliphatic heterocycles. The molecule has 0 amide bonds.